The van der Waals surface area contributed by atoms with E-state index >= 15 is 0 Å². The summed E-state index contributed by atoms with van der Waals surface area (Å²) in [6.45, 7) is 15.5. The molecule has 3 heterocycles. The predicted molar refractivity (Wildman–Crippen MR) is 135 cm³/mol. The maximum absolute atomic E-state index is 13.0. The minimum absolute atomic E-state index is 0.0563. The number of nitrogens with zero attached hydrogens (tertiary/aromatic N) is 4. The highest BCUT2D eigenvalue weighted by Crippen LogP contribution is 2.26. The molecule has 8 heteroatoms. The van der Waals surface area contributed by atoms with E-state index in [2.05, 4.69) is 21.7 Å². The molecule has 0 spiro atoms. The van der Waals surface area contributed by atoms with Gasteiger partial charge in [0.1, 0.15) is 6.20 Å². The summed E-state index contributed by atoms with van der Waals surface area (Å²) in [5, 5.41) is 0.608. The van der Waals surface area contributed by atoms with Crippen LogP contribution in [0.25, 0.3) is 4.85 Å². The van der Waals surface area contributed by atoms with Gasteiger partial charge in [0.2, 0.25) is 5.91 Å². The summed E-state index contributed by atoms with van der Waals surface area (Å²) < 4.78 is 5.41. The normalized spacial score (nSPS) is 19.4. The summed E-state index contributed by atoms with van der Waals surface area (Å²) in [5.41, 5.74) is 3.53. The topological polar surface area (TPSA) is 67.1 Å². The van der Waals surface area contributed by atoms with E-state index in [1.165, 1.54) is 6.20 Å². The van der Waals surface area contributed by atoms with Crippen molar-refractivity contribution in [2.45, 2.75) is 45.7 Å². The summed E-state index contributed by atoms with van der Waals surface area (Å²) in [4.78, 5) is 37.5. The Morgan fingerprint density at radius 1 is 1.20 bits per heavy atom. The van der Waals surface area contributed by atoms with Crippen LogP contribution in [0, 0.1) is 19.4 Å². The molecule has 0 N–H and O–H groups in total. The van der Waals surface area contributed by atoms with E-state index in [9.17, 15) is 9.59 Å². The second-order valence-corrected chi connectivity index (χ2v) is 9.90. The Labute approximate surface area is 211 Å². The second kappa shape index (κ2) is 11.3. The number of halogens is 1. The third-order valence-corrected chi connectivity index (χ3v) is 7.30. The van der Waals surface area contributed by atoms with Gasteiger partial charge in [-0.25, -0.2) is 0 Å². The van der Waals surface area contributed by atoms with Crippen molar-refractivity contribution in [2.75, 3.05) is 32.8 Å². The fourth-order valence-corrected chi connectivity index (χ4v) is 5.22. The van der Waals surface area contributed by atoms with E-state index in [-0.39, 0.29) is 35.9 Å². The van der Waals surface area contributed by atoms with Crippen LogP contribution in [0.2, 0.25) is 5.02 Å². The molecule has 2 aromatic rings. The smallest absolute Gasteiger partial charge is 0.269 e. The average Bonchev–Trinajstić information content (AvgIpc) is 2.87. The highest BCUT2D eigenvalue weighted by molar-refractivity contribution is 6.30. The highest BCUT2D eigenvalue weighted by Gasteiger charge is 2.32. The molecule has 0 radical (unpaired) electrons. The number of pyridine rings is 1. The zero-order valence-corrected chi connectivity index (χ0v) is 21.1. The molecule has 0 unspecified atom stereocenters. The first-order chi connectivity index (χ1) is 16.9. The van der Waals surface area contributed by atoms with Crippen LogP contribution >= 0.6 is 11.6 Å². The molecule has 2 saturated heterocycles. The number of rotatable bonds is 6. The lowest BCUT2D eigenvalue weighted by molar-refractivity contribution is -0.143. The lowest BCUT2D eigenvalue weighted by atomic mass is 9.95. The SMILES string of the molecule is [C-]#[N+]c1ccc(C(=O)Cc2cc(Cl)cc(CN3CCN(C(=O)C4CCOCC4)[C@@H](C)C3)c2C)cn1. The highest BCUT2D eigenvalue weighted by atomic mass is 35.5. The first-order valence-electron chi connectivity index (χ1n) is 12.1. The minimum Gasteiger partial charge on any atom is -0.381 e. The number of carbonyl (C=O) groups is 2. The molecule has 0 bridgehead atoms. The monoisotopic (exact) mass is 494 g/mol. The fraction of sp³-hybridized carbons (Fsp3) is 0.481. The third-order valence-electron chi connectivity index (χ3n) is 7.08. The number of ketones is 1. The van der Waals surface area contributed by atoms with Crippen molar-refractivity contribution in [1.82, 2.24) is 14.8 Å². The molecule has 2 aliphatic heterocycles. The van der Waals surface area contributed by atoms with Crippen molar-refractivity contribution in [3.8, 4) is 0 Å². The molecule has 1 amide bonds. The molecule has 2 aliphatic rings. The first kappa shape index (κ1) is 25.3. The molecule has 1 aromatic heterocycles. The average molecular weight is 495 g/mol. The number of Topliss-reactive ketones (excluding diaryl/α,β-unsaturated/α-hetero) is 1. The van der Waals surface area contributed by atoms with Crippen LogP contribution in [0.5, 0.6) is 0 Å². The van der Waals surface area contributed by atoms with Crippen molar-refractivity contribution < 1.29 is 14.3 Å². The first-order valence-corrected chi connectivity index (χ1v) is 12.5. The molecule has 0 saturated carbocycles. The Morgan fingerprint density at radius 2 is 1.94 bits per heavy atom. The maximum atomic E-state index is 13.0. The van der Waals surface area contributed by atoms with Gasteiger partial charge in [-0.1, -0.05) is 24.2 Å². The third kappa shape index (κ3) is 6.07. The van der Waals surface area contributed by atoms with Crippen LogP contribution in [0.3, 0.4) is 0 Å². The van der Waals surface area contributed by atoms with Crippen molar-refractivity contribution >= 4 is 29.1 Å². The van der Waals surface area contributed by atoms with Gasteiger partial charge in [-0.3, -0.25) is 14.5 Å². The number of piperazine rings is 1. The van der Waals surface area contributed by atoms with Crippen molar-refractivity contribution in [3.05, 3.63) is 69.2 Å². The van der Waals surface area contributed by atoms with E-state index in [1.54, 1.807) is 12.1 Å². The van der Waals surface area contributed by atoms with Crippen LogP contribution in [0.4, 0.5) is 5.82 Å². The Hall–Kier alpha value is -2.79. The van der Waals surface area contributed by atoms with Crippen molar-refractivity contribution in [3.63, 3.8) is 0 Å². The molecule has 2 fully saturated rings. The standard InChI is InChI=1S/C27H31ClN4O3/c1-18-16-31(8-9-32(18)27(34)20-6-10-35-11-7-20)17-23-13-24(28)12-22(19(23)2)14-25(33)21-4-5-26(29-3)30-15-21/h4-5,12-13,15,18,20H,6-11,14,16-17H2,1-2H3/t18-/m0/s1. The maximum Gasteiger partial charge on any atom is 0.269 e. The Kier molecular flexibility index (Phi) is 8.17. The van der Waals surface area contributed by atoms with Crippen molar-refractivity contribution in [1.29, 1.82) is 0 Å². The van der Waals surface area contributed by atoms with Gasteiger partial charge in [0, 0.05) is 62.8 Å². The Morgan fingerprint density at radius 3 is 2.60 bits per heavy atom. The lowest BCUT2D eigenvalue weighted by Gasteiger charge is -2.42. The van der Waals surface area contributed by atoms with Gasteiger partial charge in [0.15, 0.2) is 5.78 Å². The van der Waals surface area contributed by atoms with E-state index in [1.807, 2.05) is 24.0 Å². The zero-order chi connectivity index (χ0) is 24.9. The summed E-state index contributed by atoms with van der Waals surface area (Å²) in [5.74, 6) is 0.561. The molecule has 4 rings (SSSR count). The van der Waals surface area contributed by atoms with Crippen LogP contribution in [-0.2, 0) is 22.5 Å². The van der Waals surface area contributed by atoms with Crippen LogP contribution in [0.15, 0.2) is 30.5 Å². The van der Waals surface area contributed by atoms with Crippen LogP contribution in [-0.4, -0.2) is 65.4 Å². The molecule has 0 aliphatic carbocycles. The lowest BCUT2D eigenvalue weighted by Crippen LogP contribution is -2.55. The minimum atomic E-state index is -0.0563. The summed E-state index contributed by atoms with van der Waals surface area (Å²) >= 11 is 6.45. The van der Waals surface area contributed by atoms with Gasteiger partial charge in [0.25, 0.3) is 5.82 Å². The molecule has 7 nitrogen and oxygen atoms in total. The molecule has 35 heavy (non-hydrogen) atoms. The van der Waals surface area contributed by atoms with Gasteiger partial charge >= 0.3 is 0 Å². The van der Waals surface area contributed by atoms with Crippen LogP contribution < -0.4 is 0 Å². The quantitative estimate of drug-likeness (QED) is 0.437. The summed E-state index contributed by atoms with van der Waals surface area (Å²) in [6, 6.07) is 7.18. The predicted octanol–water partition coefficient (Wildman–Crippen LogP) is 4.48. The number of hydrogen-bond acceptors (Lipinski definition) is 5. The van der Waals surface area contributed by atoms with Gasteiger partial charge in [-0.05, 0) is 61.6 Å². The zero-order valence-electron chi connectivity index (χ0n) is 20.3. The van der Waals surface area contributed by atoms with E-state index in [0.717, 1.165) is 55.7 Å². The summed E-state index contributed by atoms with van der Waals surface area (Å²) in [6.07, 6.45) is 3.31. The second-order valence-electron chi connectivity index (χ2n) is 9.47. The van der Waals surface area contributed by atoms with E-state index < -0.39 is 0 Å². The van der Waals surface area contributed by atoms with Crippen molar-refractivity contribution in [2.24, 2.45) is 5.92 Å². The number of ether oxygens (including phenoxy) is 1. The van der Waals surface area contributed by atoms with Gasteiger partial charge < -0.3 is 14.5 Å². The molecular formula is C27H31ClN4O3. The number of carbonyl (C=O) groups excluding carboxylic acids is 2. The molecular weight excluding hydrogens is 464 g/mol. The van der Waals surface area contributed by atoms with Crippen LogP contribution in [0.1, 0.15) is 46.8 Å². The molecule has 1 atom stereocenters. The molecule has 1 aromatic carbocycles. The van der Waals surface area contributed by atoms with E-state index in [4.69, 9.17) is 22.9 Å². The fourth-order valence-electron chi connectivity index (χ4n) is 4.96. The number of amides is 1. The number of hydrogen-bond donors (Lipinski definition) is 0. The Balaban J connectivity index is 1.41. The largest absolute Gasteiger partial charge is 0.381 e. The summed E-state index contributed by atoms with van der Waals surface area (Å²) in [7, 11) is 0. The van der Waals surface area contributed by atoms with Gasteiger partial charge in [-0.2, -0.15) is 0 Å². The number of aromatic nitrogens is 1. The van der Waals surface area contributed by atoms with Gasteiger partial charge in [-0.15, -0.1) is 4.98 Å². The molecule has 184 valence electrons. The Bertz CT molecular complexity index is 1120. The van der Waals surface area contributed by atoms with Gasteiger partial charge in [0.05, 0.1) is 5.56 Å². The van der Waals surface area contributed by atoms with E-state index in [0.29, 0.717) is 23.8 Å². The number of benzene rings is 1.